The molecular formula is C12H17F3N4. The first-order valence-corrected chi connectivity index (χ1v) is 6.66. The van der Waals surface area contributed by atoms with Gasteiger partial charge >= 0.3 is 6.18 Å². The molecular weight excluding hydrogens is 257 g/mol. The molecule has 2 unspecified atom stereocenters. The molecule has 19 heavy (non-hydrogen) atoms. The Morgan fingerprint density at radius 3 is 2.79 bits per heavy atom. The number of imidazole rings is 1. The van der Waals surface area contributed by atoms with Crippen LogP contribution in [0.3, 0.4) is 0 Å². The van der Waals surface area contributed by atoms with Gasteiger partial charge in [-0.1, -0.05) is 0 Å². The summed E-state index contributed by atoms with van der Waals surface area (Å²) in [7, 11) is 0. The summed E-state index contributed by atoms with van der Waals surface area (Å²) in [5, 5.41) is 6.28. The summed E-state index contributed by atoms with van der Waals surface area (Å²) in [6.07, 6.45) is -0.212. The molecule has 0 saturated carbocycles. The van der Waals surface area contributed by atoms with Crippen molar-refractivity contribution in [1.29, 1.82) is 0 Å². The Morgan fingerprint density at radius 2 is 2.11 bits per heavy atom. The van der Waals surface area contributed by atoms with Crippen molar-refractivity contribution in [2.24, 2.45) is 5.92 Å². The molecule has 3 rings (SSSR count). The lowest BCUT2D eigenvalue weighted by Gasteiger charge is -2.35. The van der Waals surface area contributed by atoms with E-state index in [1.807, 2.05) is 0 Å². The average Bonchev–Trinajstić information content (AvgIpc) is 2.83. The Balaban J connectivity index is 1.88. The lowest BCUT2D eigenvalue weighted by molar-refractivity contribution is -0.140. The van der Waals surface area contributed by atoms with Crippen LogP contribution in [-0.4, -0.2) is 29.2 Å². The maximum absolute atomic E-state index is 12.7. The number of alkyl halides is 3. The second-order valence-corrected chi connectivity index (χ2v) is 5.24. The van der Waals surface area contributed by atoms with E-state index in [0.29, 0.717) is 18.4 Å². The summed E-state index contributed by atoms with van der Waals surface area (Å²) in [4.78, 5) is 3.67. The zero-order chi connectivity index (χ0) is 13.5. The fourth-order valence-corrected chi connectivity index (χ4v) is 3.05. The fourth-order valence-electron chi connectivity index (χ4n) is 3.05. The van der Waals surface area contributed by atoms with Crippen molar-refractivity contribution in [3.8, 4) is 0 Å². The maximum Gasteiger partial charge on any atom is 0.434 e. The summed E-state index contributed by atoms with van der Waals surface area (Å²) >= 11 is 0. The van der Waals surface area contributed by atoms with Crippen LogP contribution in [0.5, 0.6) is 0 Å². The highest BCUT2D eigenvalue weighted by atomic mass is 19.4. The number of piperidine rings is 1. The van der Waals surface area contributed by atoms with Gasteiger partial charge in [-0.15, -0.1) is 0 Å². The molecule has 3 heterocycles. The standard InChI is InChI=1S/C12H17F3N4/c13-12(14,15)10-7-19-9(3-5-17-11(19)18-10)8-2-1-4-16-6-8/h7-9,16H,1-6H2,(H,17,18). The van der Waals surface area contributed by atoms with Gasteiger partial charge in [0.05, 0.1) is 0 Å². The first-order chi connectivity index (χ1) is 9.05. The van der Waals surface area contributed by atoms with Crippen LogP contribution in [0.1, 0.15) is 31.0 Å². The van der Waals surface area contributed by atoms with Gasteiger partial charge in [-0.2, -0.15) is 13.2 Å². The Bertz CT molecular complexity index is 448. The Labute approximate surface area is 109 Å². The van der Waals surface area contributed by atoms with Gasteiger partial charge in [-0.25, -0.2) is 4.98 Å². The summed E-state index contributed by atoms with van der Waals surface area (Å²) in [5.74, 6) is 0.749. The van der Waals surface area contributed by atoms with Crippen LogP contribution in [-0.2, 0) is 6.18 Å². The molecule has 2 aliphatic heterocycles. The van der Waals surface area contributed by atoms with Gasteiger partial charge in [0.25, 0.3) is 0 Å². The largest absolute Gasteiger partial charge is 0.434 e. The number of hydrogen-bond acceptors (Lipinski definition) is 3. The van der Waals surface area contributed by atoms with Crippen LogP contribution in [0.15, 0.2) is 6.20 Å². The molecule has 0 bridgehead atoms. The van der Waals surface area contributed by atoms with E-state index in [9.17, 15) is 13.2 Å². The van der Waals surface area contributed by atoms with E-state index in [1.165, 1.54) is 0 Å². The van der Waals surface area contributed by atoms with Gasteiger partial charge in [0, 0.05) is 18.8 Å². The molecule has 0 spiro atoms. The van der Waals surface area contributed by atoms with Gasteiger partial charge in [-0.3, -0.25) is 0 Å². The van der Waals surface area contributed by atoms with Crippen molar-refractivity contribution < 1.29 is 13.2 Å². The highest BCUT2D eigenvalue weighted by molar-refractivity contribution is 5.33. The minimum Gasteiger partial charge on any atom is -0.356 e. The van der Waals surface area contributed by atoms with Crippen molar-refractivity contribution in [1.82, 2.24) is 14.9 Å². The normalized spacial score (nSPS) is 27.7. The van der Waals surface area contributed by atoms with Crippen molar-refractivity contribution >= 4 is 5.95 Å². The quantitative estimate of drug-likeness (QED) is 0.825. The predicted molar refractivity (Wildman–Crippen MR) is 65.0 cm³/mol. The highest BCUT2D eigenvalue weighted by Gasteiger charge is 2.37. The molecule has 2 N–H and O–H groups in total. The third-order valence-corrected chi connectivity index (χ3v) is 3.98. The molecule has 0 aromatic carbocycles. The minimum absolute atomic E-state index is 0.118. The predicted octanol–water partition coefficient (Wildman–Crippen LogP) is 2.26. The van der Waals surface area contributed by atoms with Gasteiger partial charge in [0.15, 0.2) is 5.69 Å². The minimum atomic E-state index is -4.37. The number of fused-ring (bicyclic) bond motifs is 1. The zero-order valence-electron chi connectivity index (χ0n) is 10.5. The zero-order valence-corrected chi connectivity index (χ0v) is 10.5. The van der Waals surface area contributed by atoms with Crippen LogP contribution in [0.25, 0.3) is 0 Å². The molecule has 0 amide bonds. The summed E-state index contributed by atoms with van der Waals surface area (Å²) in [5.41, 5.74) is -0.800. The SMILES string of the molecule is FC(F)(F)c1cn2c(n1)NCCC2C1CCCNC1. The second kappa shape index (κ2) is 4.70. The number of anilines is 1. The summed E-state index contributed by atoms with van der Waals surface area (Å²) in [6.45, 7) is 2.57. The maximum atomic E-state index is 12.7. The molecule has 0 aliphatic carbocycles. The lowest BCUT2D eigenvalue weighted by Crippen LogP contribution is -2.37. The summed E-state index contributed by atoms with van der Waals surface area (Å²) < 4.78 is 39.9. The van der Waals surface area contributed by atoms with E-state index < -0.39 is 11.9 Å². The molecule has 1 saturated heterocycles. The Morgan fingerprint density at radius 1 is 1.26 bits per heavy atom. The number of halogens is 3. The Hall–Kier alpha value is -1.24. The van der Waals surface area contributed by atoms with Crippen molar-refractivity contribution in [2.75, 3.05) is 25.0 Å². The van der Waals surface area contributed by atoms with E-state index in [4.69, 9.17) is 0 Å². The molecule has 2 atom stereocenters. The topological polar surface area (TPSA) is 41.9 Å². The molecule has 106 valence electrons. The van der Waals surface area contributed by atoms with E-state index in [0.717, 1.165) is 38.5 Å². The molecule has 4 nitrogen and oxygen atoms in total. The van der Waals surface area contributed by atoms with Crippen LogP contribution in [0.4, 0.5) is 19.1 Å². The molecule has 1 fully saturated rings. The van der Waals surface area contributed by atoms with Crippen LogP contribution in [0, 0.1) is 5.92 Å². The van der Waals surface area contributed by atoms with E-state index in [2.05, 4.69) is 15.6 Å². The lowest BCUT2D eigenvalue weighted by atomic mass is 9.89. The average molecular weight is 274 g/mol. The molecule has 1 aromatic heterocycles. The van der Waals surface area contributed by atoms with Gasteiger partial charge in [0.2, 0.25) is 5.95 Å². The number of rotatable bonds is 1. The first kappa shape index (κ1) is 12.8. The van der Waals surface area contributed by atoms with Crippen molar-refractivity contribution in [3.63, 3.8) is 0 Å². The van der Waals surface area contributed by atoms with Crippen molar-refractivity contribution in [2.45, 2.75) is 31.5 Å². The van der Waals surface area contributed by atoms with Crippen LogP contribution < -0.4 is 10.6 Å². The molecule has 0 radical (unpaired) electrons. The first-order valence-electron chi connectivity index (χ1n) is 6.66. The number of nitrogens with zero attached hydrogens (tertiary/aromatic N) is 2. The number of nitrogens with one attached hydrogen (secondary N) is 2. The van der Waals surface area contributed by atoms with E-state index in [-0.39, 0.29) is 6.04 Å². The molecule has 1 aromatic rings. The van der Waals surface area contributed by atoms with Crippen molar-refractivity contribution in [3.05, 3.63) is 11.9 Å². The second-order valence-electron chi connectivity index (χ2n) is 5.24. The van der Waals surface area contributed by atoms with Crippen LogP contribution >= 0.6 is 0 Å². The van der Waals surface area contributed by atoms with Crippen LogP contribution in [0.2, 0.25) is 0 Å². The molecule has 7 heteroatoms. The number of aromatic nitrogens is 2. The third kappa shape index (κ3) is 2.43. The Kier molecular flexibility index (Phi) is 3.16. The summed E-state index contributed by atoms with van der Waals surface area (Å²) in [6, 6.07) is 0.118. The molecule has 2 aliphatic rings. The number of hydrogen-bond donors (Lipinski definition) is 2. The van der Waals surface area contributed by atoms with E-state index in [1.54, 1.807) is 4.57 Å². The monoisotopic (exact) mass is 274 g/mol. The third-order valence-electron chi connectivity index (χ3n) is 3.98. The van der Waals surface area contributed by atoms with Gasteiger partial charge < -0.3 is 15.2 Å². The smallest absolute Gasteiger partial charge is 0.356 e. The highest BCUT2D eigenvalue weighted by Crippen LogP contribution is 2.36. The van der Waals surface area contributed by atoms with Gasteiger partial charge in [-0.05, 0) is 38.3 Å². The van der Waals surface area contributed by atoms with Gasteiger partial charge in [0.1, 0.15) is 0 Å². The fraction of sp³-hybridized carbons (Fsp3) is 0.750. The van der Waals surface area contributed by atoms with E-state index >= 15 is 0 Å².